The van der Waals surface area contributed by atoms with Crippen molar-refractivity contribution in [2.45, 2.75) is 6.42 Å². The van der Waals surface area contributed by atoms with E-state index in [1.165, 1.54) is 4.70 Å². The van der Waals surface area contributed by atoms with Crippen molar-refractivity contribution in [2.75, 3.05) is 0 Å². The second kappa shape index (κ2) is 4.80. The van der Waals surface area contributed by atoms with Gasteiger partial charge in [0.2, 0.25) is 0 Å². The molecule has 0 saturated carbocycles. The van der Waals surface area contributed by atoms with Gasteiger partial charge in [-0.1, -0.05) is 34.1 Å². The highest BCUT2D eigenvalue weighted by Gasteiger charge is 2.01. The smallest absolute Gasteiger partial charge is 0.307 e. The minimum atomic E-state index is -0.807. The van der Waals surface area contributed by atoms with Crippen LogP contribution in [-0.4, -0.2) is 11.1 Å². The quantitative estimate of drug-likeness (QED) is 0.924. The van der Waals surface area contributed by atoms with E-state index in [9.17, 15) is 4.79 Å². The zero-order valence-electron chi connectivity index (χ0n) is 8.31. The molecule has 2 aromatic rings. The molecule has 16 heavy (non-hydrogen) atoms. The second-order valence-corrected chi connectivity index (χ2v) is 5.16. The lowest BCUT2D eigenvalue weighted by atomic mass is 10.1. The summed E-state index contributed by atoms with van der Waals surface area (Å²) >= 11 is 5.08. The summed E-state index contributed by atoms with van der Waals surface area (Å²) in [4.78, 5) is 10.4. The average molecular weight is 297 g/mol. The molecule has 1 N–H and O–H groups in total. The van der Waals surface area contributed by atoms with Gasteiger partial charge in [0, 0.05) is 9.17 Å². The Labute approximate surface area is 105 Å². The van der Waals surface area contributed by atoms with Gasteiger partial charge in [0.15, 0.2) is 0 Å². The Hall–Kier alpha value is -1.13. The fourth-order valence-electron chi connectivity index (χ4n) is 1.44. The second-order valence-electron chi connectivity index (χ2n) is 3.33. The lowest BCUT2D eigenvalue weighted by molar-refractivity contribution is -0.135. The van der Waals surface area contributed by atoms with Crippen molar-refractivity contribution in [1.82, 2.24) is 0 Å². The van der Waals surface area contributed by atoms with Gasteiger partial charge >= 0.3 is 5.97 Å². The maximum atomic E-state index is 10.4. The number of benzene rings is 1. The fourth-order valence-corrected chi connectivity index (χ4v) is 2.92. The molecule has 0 bridgehead atoms. The highest BCUT2D eigenvalue weighted by Crippen LogP contribution is 2.29. The molecule has 1 aromatic heterocycles. The van der Waals surface area contributed by atoms with Gasteiger partial charge in [0.05, 0.1) is 6.42 Å². The van der Waals surface area contributed by atoms with E-state index in [1.54, 1.807) is 17.4 Å². The summed E-state index contributed by atoms with van der Waals surface area (Å²) in [5.74, 6) is -0.807. The van der Waals surface area contributed by atoms with E-state index in [0.29, 0.717) is 0 Å². The number of halogens is 1. The average Bonchev–Trinajstić information content (AvgIpc) is 2.60. The van der Waals surface area contributed by atoms with Crippen LogP contribution in [0.3, 0.4) is 0 Å². The lowest BCUT2D eigenvalue weighted by Crippen LogP contribution is -1.89. The van der Waals surface area contributed by atoms with Gasteiger partial charge in [-0.3, -0.25) is 4.79 Å². The van der Waals surface area contributed by atoms with E-state index in [4.69, 9.17) is 5.11 Å². The predicted octanol–water partition coefficient (Wildman–Crippen LogP) is 4.15. The Morgan fingerprint density at radius 1 is 1.50 bits per heavy atom. The molecule has 0 spiro atoms. The summed E-state index contributed by atoms with van der Waals surface area (Å²) in [5.41, 5.74) is 1.08. The number of hydrogen-bond donors (Lipinski definition) is 1. The third-order valence-corrected chi connectivity index (χ3v) is 3.61. The molecule has 1 aromatic carbocycles. The summed E-state index contributed by atoms with van der Waals surface area (Å²) < 4.78 is 2.26. The van der Waals surface area contributed by atoms with E-state index in [0.717, 1.165) is 15.4 Å². The third-order valence-electron chi connectivity index (χ3n) is 2.16. The highest BCUT2D eigenvalue weighted by molar-refractivity contribution is 9.10. The molecule has 2 nitrogen and oxygen atoms in total. The van der Waals surface area contributed by atoms with Gasteiger partial charge in [-0.05, 0) is 28.5 Å². The van der Waals surface area contributed by atoms with Crippen molar-refractivity contribution in [2.24, 2.45) is 0 Å². The molecule has 0 fully saturated rings. The van der Waals surface area contributed by atoms with Crippen molar-refractivity contribution in [3.8, 4) is 0 Å². The van der Waals surface area contributed by atoms with Crippen LogP contribution in [0.15, 0.2) is 34.1 Å². The summed E-state index contributed by atoms with van der Waals surface area (Å²) in [7, 11) is 0. The number of aliphatic carboxylic acids is 1. The molecule has 0 unspecified atom stereocenters. The SMILES string of the molecule is O=C(O)CC=Cc1csc2cc(Br)ccc12. The van der Waals surface area contributed by atoms with Gasteiger partial charge in [-0.2, -0.15) is 0 Å². The summed E-state index contributed by atoms with van der Waals surface area (Å²) in [6.45, 7) is 0. The maximum Gasteiger partial charge on any atom is 0.307 e. The Balaban J connectivity index is 2.32. The number of rotatable bonds is 3. The van der Waals surface area contributed by atoms with Crippen LogP contribution in [0.1, 0.15) is 12.0 Å². The molecule has 0 aliphatic heterocycles. The number of carbonyl (C=O) groups is 1. The molecule has 0 radical (unpaired) electrons. The van der Waals surface area contributed by atoms with Gasteiger partial charge in [-0.15, -0.1) is 11.3 Å². The third kappa shape index (κ3) is 2.51. The highest BCUT2D eigenvalue weighted by atomic mass is 79.9. The van der Waals surface area contributed by atoms with E-state index >= 15 is 0 Å². The molecule has 0 atom stereocenters. The van der Waals surface area contributed by atoms with Gasteiger partial charge in [-0.25, -0.2) is 0 Å². The number of carboxylic acids is 1. The van der Waals surface area contributed by atoms with Gasteiger partial charge < -0.3 is 5.11 Å². The van der Waals surface area contributed by atoms with E-state index < -0.39 is 5.97 Å². The fraction of sp³-hybridized carbons (Fsp3) is 0.0833. The van der Waals surface area contributed by atoms with Crippen molar-refractivity contribution >= 4 is 49.4 Å². The largest absolute Gasteiger partial charge is 0.481 e. The zero-order chi connectivity index (χ0) is 11.5. The molecule has 1 heterocycles. The lowest BCUT2D eigenvalue weighted by Gasteiger charge is -1.93. The normalized spacial score (nSPS) is 11.3. The molecule has 0 amide bonds. The zero-order valence-corrected chi connectivity index (χ0v) is 10.7. The number of hydrogen-bond acceptors (Lipinski definition) is 2. The predicted molar refractivity (Wildman–Crippen MR) is 70.8 cm³/mol. The van der Waals surface area contributed by atoms with Crippen LogP contribution in [0.5, 0.6) is 0 Å². The number of thiophene rings is 1. The molecule has 4 heteroatoms. The van der Waals surface area contributed by atoms with Crippen molar-refractivity contribution in [3.05, 3.63) is 39.7 Å². The topological polar surface area (TPSA) is 37.3 Å². The van der Waals surface area contributed by atoms with Crippen LogP contribution in [-0.2, 0) is 4.79 Å². The van der Waals surface area contributed by atoms with E-state index in [-0.39, 0.29) is 6.42 Å². The van der Waals surface area contributed by atoms with Crippen LogP contribution in [0.2, 0.25) is 0 Å². The van der Waals surface area contributed by atoms with Gasteiger partial charge in [0.25, 0.3) is 0 Å². The molecular weight excluding hydrogens is 288 g/mol. The van der Waals surface area contributed by atoms with Crippen LogP contribution in [0.25, 0.3) is 16.2 Å². The van der Waals surface area contributed by atoms with E-state index in [1.807, 2.05) is 23.6 Å². The summed E-state index contributed by atoms with van der Waals surface area (Å²) in [6, 6.07) is 6.09. The van der Waals surface area contributed by atoms with Crippen molar-refractivity contribution < 1.29 is 9.90 Å². The minimum Gasteiger partial charge on any atom is -0.481 e. The Morgan fingerprint density at radius 3 is 3.06 bits per heavy atom. The molecule has 0 aliphatic rings. The molecule has 0 saturated heterocycles. The first-order valence-corrected chi connectivity index (χ1v) is 6.39. The molecule has 2 rings (SSSR count). The van der Waals surface area contributed by atoms with Crippen LogP contribution in [0, 0.1) is 0 Å². The Kier molecular flexibility index (Phi) is 3.41. The van der Waals surface area contributed by atoms with Crippen molar-refractivity contribution in [3.63, 3.8) is 0 Å². The summed E-state index contributed by atoms with van der Waals surface area (Å²) in [5, 5.41) is 11.7. The number of carboxylic acid groups (broad SMARTS) is 1. The first kappa shape index (κ1) is 11.4. The van der Waals surface area contributed by atoms with Crippen molar-refractivity contribution in [1.29, 1.82) is 0 Å². The number of fused-ring (bicyclic) bond motifs is 1. The van der Waals surface area contributed by atoms with Crippen LogP contribution in [0.4, 0.5) is 0 Å². The standard InChI is InChI=1S/C12H9BrO2S/c13-9-4-5-10-8(2-1-3-12(14)15)7-16-11(10)6-9/h1-2,4-7H,3H2,(H,14,15). The molecule has 0 aliphatic carbocycles. The monoisotopic (exact) mass is 296 g/mol. The van der Waals surface area contributed by atoms with Crippen LogP contribution < -0.4 is 0 Å². The summed E-state index contributed by atoms with van der Waals surface area (Å²) in [6.07, 6.45) is 3.60. The first-order chi connectivity index (χ1) is 7.66. The van der Waals surface area contributed by atoms with Gasteiger partial charge in [0.1, 0.15) is 0 Å². The van der Waals surface area contributed by atoms with Crippen LogP contribution >= 0.6 is 27.3 Å². The Bertz CT molecular complexity index is 557. The maximum absolute atomic E-state index is 10.4. The Morgan fingerprint density at radius 2 is 2.31 bits per heavy atom. The minimum absolute atomic E-state index is 0.0634. The molecular formula is C12H9BrO2S. The van der Waals surface area contributed by atoms with E-state index in [2.05, 4.69) is 22.0 Å². The first-order valence-electron chi connectivity index (χ1n) is 4.72. The molecule has 82 valence electrons.